The van der Waals surface area contributed by atoms with Crippen molar-refractivity contribution in [3.8, 4) is 0 Å². The monoisotopic (exact) mass is 280 g/mol. The summed E-state index contributed by atoms with van der Waals surface area (Å²) in [7, 11) is -3.50. The predicted octanol–water partition coefficient (Wildman–Crippen LogP) is 0.957. The molecule has 0 saturated carbocycles. The van der Waals surface area contributed by atoms with E-state index in [4.69, 9.17) is 5.11 Å². The molecule has 1 atom stereocenters. The van der Waals surface area contributed by atoms with Crippen LogP contribution in [0.4, 0.5) is 0 Å². The summed E-state index contributed by atoms with van der Waals surface area (Å²) in [5, 5.41) is 8.77. The lowest BCUT2D eigenvalue weighted by Gasteiger charge is -2.17. The average molecular weight is 280 g/mol. The molecule has 0 aliphatic carbocycles. The Morgan fingerprint density at radius 2 is 1.89 bits per heavy atom. The van der Waals surface area contributed by atoms with Crippen molar-refractivity contribution >= 4 is 16.2 Å². The molecule has 0 saturated heterocycles. The van der Waals surface area contributed by atoms with Gasteiger partial charge in [0, 0.05) is 19.5 Å². The molecule has 0 rings (SSSR count). The number of carboxylic acids is 1. The van der Waals surface area contributed by atoms with Gasteiger partial charge in [-0.05, 0) is 24.7 Å². The van der Waals surface area contributed by atoms with Gasteiger partial charge in [0.1, 0.15) is 0 Å². The summed E-state index contributed by atoms with van der Waals surface area (Å²) in [6.07, 6.45) is 1.38. The van der Waals surface area contributed by atoms with Crippen LogP contribution < -0.4 is 9.44 Å². The van der Waals surface area contributed by atoms with Crippen molar-refractivity contribution in [3.63, 3.8) is 0 Å². The molecule has 0 heterocycles. The van der Waals surface area contributed by atoms with Gasteiger partial charge in [0.2, 0.25) is 0 Å². The number of nitrogens with one attached hydrogen (secondary N) is 2. The van der Waals surface area contributed by atoms with Crippen LogP contribution in [-0.4, -0.2) is 32.6 Å². The Morgan fingerprint density at radius 3 is 2.33 bits per heavy atom. The van der Waals surface area contributed by atoms with E-state index in [0.29, 0.717) is 25.3 Å². The first kappa shape index (κ1) is 17.3. The number of carbonyl (C=O) groups is 1. The SMILES string of the molecule is CCCNS(=O)(=O)NCC(CC(=O)O)CC(C)C. The van der Waals surface area contributed by atoms with Crippen molar-refractivity contribution in [2.45, 2.75) is 40.0 Å². The quantitative estimate of drug-likeness (QED) is 0.555. The van der Waals surface area contributed by atoms with Gasteiger partial charge < -0.3 is 5.11 Å². The van der Waals surface area contributed by atoms with Crippen LogP contribution >= 0.6 is 0 Å². The van der Waals surface area contributed by atoms with Crippen LogP contribution in [0, 0.1) is 11.8 Å². The zero-order chi connectivity index (χ0) is 14.2. The van der Waals surface area contributed by atoms with Crippen molar-refractivity contribution in [2.75, 3.05) is 13.1 Å². The Kier molecular flexibility index (Phi) is 8.13. The summed E-state index contributed by atoms with van der Waals surface area (Å²) in [6.45, 7) is 6.37. The first-order valence-corrected chi connectivity index (χ1v) is 7.71. The van der Waals surface area contributed by atoms with Crippen molar-refractivity contribution < 1.29 is 18.3 Å². The third-order valence-corrected chi connectivity index (χ3v) is 3.50. The van der Waals surface area contributed by atoms with Crippen molar-refractivity contribution in [3.05, 3.63) is 0 Å². The minimum atomic E-state index is -3.50. The number of hydrogen-bond acceptors (Lipinski definition) is 3. The Labute approximate surface area is 109 Å². The van der Waals surface area contributed by atoms with Crippen LogP contribution in [0.1, 0.15) is 40.0 Å². The maximum absolute atomic E-state index is 11.5. The lowest BCUT2D eigenvalue weighted by atomic mass is 9.94. The first-order chi connectivity index (χ1) is 8.26. The van der Waals surface area contributed by atoms with Gasteiger partial charge in [-0.3, -0.25) is 4.79 Å². The largest absolute Gasteiger partial charge is 0.481 e. The van der Waals surface area contributed by atoms with Crippen LogP contribution in [0.25, 0.3) is 0 Å². The van der Waals surface area contributed by atoms with Gasteiger partial charge in [-0.1, -0.05) is 20.8 Å². The second-order valence-corrected chi connectivity index (χ2v) is 6.42. The Balaban J connectivity index is 4.28. The van der Waals surface area contributed by atoms with Gasteiger partial charge >= 0.3 is 5.97 Å². The summed E-state index contributed by atoms with van der Waals surface area (Å²) < 4.78 is 27.8. The van der Waals surface area contributed by atoms with E-state index in [1.807, 2.05) is 20.8 Å². The van der Waals surface area contributed by atoms with E-state index in [1.54, 1.807) is 0 Å². The standard InChI is InChI=1S/C11H24N2O4S/c1-4-5-12-18(16,17)13-8-10(6-9(2)3)7-11(14)15/h9-10,12-13H,4-8H2,1-3H3,(H,14,15). The molecule has 0 aromatic heterocycles. The molecular formula is C11H24N2O4S. The van der Waals surface area contributed by atoms with Crippen LogP contribution in [0.5, 0.6) is 0 Å². The Morgan fingerprint density at radius 1 is 1.28 bits per heavy atom. The molecule has 0 radical (unpaired) electrons. The maximum Gasteiger partial charge on any atom is 0.303 e. The molecule has 3 N–H and O–H groups in total. The Bertz CT molecular complexity index is 341. The summed E-state index contributed by atoms with van der Waals surface area (Å²) >= 11 is 0. The van der Waals surface area contributed by atoms with Gasteiger partial charge in [0.05, 0.1) is 0 Å². The smallest absolute Gasteiger partial charge is 0.303 e. The fraction of sp³-hybridized carbons (Fsp3) is 0.909. The molecule has 0 amide bonds. The molecule has 1 unspecified atom stereocenters. The summed E-state index contributed by atoms with van der Waals surface area (Å²) in [5.41, 5.74) is 0. The first-order valence-electron chi connectivity index (χ1n) is 6.22. The fourth-order valence-corrected chi connectivity index (χ4v) is 2.70. The zero-order valence-electron chi connectivity index (χ0n) is 11.3. The van der Waals surface area contributed by atoms with Crippen molar-refractivity contribution in [2.24, 2.45) is 11.8 Å². The van der Waals surface area contributed by atoms with Gasteiger partial charge in [-0.25, -0.2) is 9.44 Å². The zero-order valence-corrected chi connectivity index (χ0v) is 12.1. The van der Waals surface area contributed by atoms with E-state index in [9.17, 15) is 13.2 Å². The topological polar surface area (TPSA) is 95.5 Å². The van der Waals surface area contributed by atoms with Crippen LogP contribution in [0.2, 0.25) is 0 Å². The highest BCUT2D eigenvalue weighted by Gasteiger charge is 2.18. The molecular weight excluding hydrogens is 256 g/mol. The lowest BCUT2D eigenvalue weighted by molar-refractivity contribution is -0.138. The fourth-order valence-electron chi connectivity index (χ4n) is 1.67. The van der Waals surface area contributed by atoms with E-state index in [2.05, 4.69) is 9.44 Å². The van der Waals surface area contributed by atoms with Crippen LogP contribution in [-0.2, 0) is 15.0 Å². The summed E-state index contributed by atoms with van der Waals surface area (Å²) in [6, 6.07) is 0. The van der Waals surface area contributed by atoms with Crippen molar-refractivity contribution in [1.29, 1.82) is 0 Å². The number of aliphatic carboxylic acids is 1. The van der Waals surface area contributed by atoms with E-state index in [0.717, 1.165) is 0 Å². The van der Waals surface area contributed by atoms with E-state index in [-0.39, 0.29) is 18.9 Å². The number of hydrogen-bond donors (Lipinski definition) is 3. The average Bonchev–Trinajstić information content (AvgIpc) is 2.22. The van der Waals surface area contributed by atoms with E-state index in [1.165, 1.54) is 0 Å². The maximum atomic E-state index is 11.5. The van der Waals surface area contributed by atoms with Gasteiger partial charge in [0.15, 0.2) is 0 Å². The molecule has 18 heavy (non-hydrogen) atoms. The van der Waals surface area contributed by atoms with E-state index < -0.39 is 16.2 Å². The summed E-state index contributed by atoms with van der Waals surface area (Å²) in [4.78, 5) is 10.7. The third-order valence-electron chi connectivity index (χ3n) is 2.37. The molecule has 6 nitrogen and oxygen atoms in total. The molecule has 0 fully saturated rings. The van der Waals surface area contributed by atoms with Crippen LogP contribution in [0.3, 0.4) is 0 Å². The highest BCUT2D eigenvalue weighted by molar-refractivity contribution is 7.87. The second kappa shape index (κ2) is 8.44. The molecule has 0 aromatic carbocycles. The van der Waals surface area contributed by atoms with Gasteiger partial charge in [-0.2, -0.15) is 8.42 Å². The lowest BCUT2D eigenvalue weighted by Crippen LogP contribution is -2.40. The highest BCUT2D eigenvalue weighted by atomic mass is 32.2. The summed E-state index contributed by atoms with van der Waals surface area (Å²) in [5.74, 6) is -0.746. The minimum Gasteiger partial charge on any atom is -0.481 e. The van der Waals surface area contributed by atoms with E-state index >= 15 is 0 Å². The number of carboxylic acid groups (broad SMARTS) is 1. The second-order valence-electron chi connectivity index (χ2n) is 4.84. The molecule has 0 aliphatic heterocycles. The molecule has 7 heteroatoms. The molecule has 108 valence electrons. The molecule has 0 spiro atoms. The highest BCUT2D eigenvalue weighted by Crippen LogP contribution is 2.14. The molecule has 0 aromatic rings. The van der Waals surface area contributed by atoms with Crippen LogP contribution in [0.15, 0.2) is 0 Å². The number of rotatable bonds is 10. The predicted molar refractivity (Wildman–Crippen MR) is 70.4 cm³/mol. The van der Waals surface area contributed by atoms with Gasteiger partial charge in [0.25, 0.3) is 10.2 Å². The normalized spacial score (nSPS) is 13.8. The third kappa shape index (κ3) is 9.38. The molecule has 0 aliphatic rings. The molecule has 0 bridgehead atoms. The van der Waals surface area contributed by atoms with Crippen molar-refractivity contribution in [1.82, 2.24) is 9.44 Å². The minimum absolute atomic E-state index is 0.0194. The van der Waals surface area contributed by atoms with Gasteiger partial charge in [-0.15, -0.1) is 0 Å². The Hall–Kier alpha value is -0.660.